The third-order valence-electron chi connectivity index (χ3n) is 7.21. The number of carbonyl (C=O) groups excluding carboxylic acids is 2. The maximum Gasteiger partial charge on any atom is 0.254 e. The molecule has 7 nitrogen and oxygen atoms in total. The van der Waals surface area contributed by atoms with Crippen LogP contribution in [0, 0.1) is 6.92 Å². The van der Waals surface area contributed by atoms with E-state index in [0.717, 1.165) is 29.7 Å². The van der Waals surface area contributed by atoms with Gasteiger partial charge in [-0.3, -0.25) is 9.59 Å². The van der Waals surface area contributed by atoms with E-state index in [1.807, 2.05) is 49.9 Å². The summed E-state index contributed by atoms with van der Waals surface area (Å²) >= 11 is 1.72. The molecule has 2 aromatic carbocycles. The quantitative estimate of drug-likeness (QED) is 0.407. The summed E-state index contributed by atoms with van der Waals surface area (Å²) in [6.45, 7) is 7.12. The fraction of sp³-hybridized carbons (Fsp3) is 0.379. The fourth-order valence-corrected chi connectivity index (χ4v) is 5.77. The van der Waals surface area contributed by atoms with Gasteiger partial charge >= 0.3 is 0 Å². The Bertz CT molecular complexity index is 1290. The second kappa shape index (κ2) is 10.8. The molecule has 8 heteroatoms. The molecular formula is C29H32N2O5S. The average molecular weight is 521 g/mol. The summed E-state index contributed by atoms with van der Waals surface area (Å²) in [5.74, 6) is 1.72. The smallest absolute Gasteiger partial charge is 0.254 e. The third-order valence-corrected chi connectivity index (χ3v) is 8.21. The summed E-state index contributed by atoms with van der Waals surface area (Å²) in [5, 5.41) is 2.08. The molecule has 3 aromatic rings. The normalized spacial score (nSPS) is 16.7. The molecule has 0 saturated heterocycles. The van der Waals surface area contributed by atoms with Crippen LogP contribution in [-0.4, -0.2) is 54.1 Å². The number of nitrogens with zero attached hydrogens (tertiary/aromatic N) is 2. The van der Waals surface area contributed by atoms with Crippen LogP contribution in [0.15, 0.2) is 53.9 Å². The number of rotatable bonds is 8. The van der Waals surface area contributed by atoms with Gasteiger partial charge in [0.25, 0.3) is 5.91 Å². The van der Waals surface area contributed by atoms with E-state index in [0.29, 0.717) is 30.2 Å². The maximum atomic E-state index is 13.8. The molecule has 2 atom stereocenters. The van der Waals surface area contributed by atoms with E-state index < -0.39 is 0 Å². The summed E-state index contributed by atoms with van der Waals surface area (Å²) in [4.78, 5) is 32.2. The summed E-state index contributed by atoms with van der Waals surface area (Å²) in [6.07, 6.45) is 1.54. The number of ether oxygens (including phenoxy) is 3. The predicted molar refractivity (Wildman–Crippen MR) is 143 cm³/mol. The molecule has 2 amide bonds. The molecule has 0 N–H and O–H groups in total. The first-order valence-electron chi connectivity index (χ1n) is 12.7. The molecule has 1 aromatic heterocycles. The van der Waals surface area contributed by atoms with Crippen LogP contribution < -0.4 is 14.2 Å². The summed E-state index contributed by atoms with van der Waals surface area (Å²) in [5.41, 5.74) is 2.67. The molecular weight excluding hydrogens is 488 g/mol. The topological polar surface area (TPSA) is 68.3 Å². The molecule has 0 fully saturated rings. The standard InChI is InChI=1S/C29H32N2O5S/c1-4-20(3)31(29(33)21-9-10-25-26(15-21)36-18-35-25)16-28(32)30-13-11-27-22(12-14-37-27)23(30)17-34-24-8-6-5-7-19(24)2/h5-10,12,14-15,20,23H,4,11,13,16-18H2,1-3H3/t20-,23+/m1/s1. The van der Waals surface area contributed by atoms with E-state index in [9.17, 15) is 9.59 Å². The Morgan fingerprint density at radius 1 is 1.16 bits per heavy atom. The molecule has 5 rings (SSSR count). The Morgan fingerprint density at radius 3 is 2.78 bits per heavy atom. The van der Waals surface area contributed by atoms with E-state index in [1.165, 1.54) is 4.88 Å². The van der Waals surface area contributed by atoms with Crippen molar-refractivity contribution in [1.82, 2.24) is 9.80 Å². The Morgan fingerprint density at radius 2 is 1.97 bits per heavy atom. The van der Waals surface area contributed by atoms with Crippen molar-refractivity contribution in [2.24, 2.45) is 0 Å². The van der Waals surface area contributed by atoms with Gasteiger partial charge in [0.1, 0.15) is 18.9 Å². The average Bonchev–Trinajstić information content (AvgIpc) is 3.59. The van der Waals surface area contributed by atoms with Gasteiger partial charge in [-0.1, -0.05) is 25.1 Å². The third kappa shape index (κ3) is 5.16. The second-order valence-electron chi connectivity index (χ2n) is 9.49. The van der Waals surface area contributed by atoms with Gasteiger partial charge in [0, 0.05) is 23.0 Å². The molecule has 3 heterocycles. The van der Waals surface area contributed by atoms with Crippen LogP contribution in [0.2, 0.25) is 0 Å². The number of hydrogen-bond donors (Lipinski definition) is 0. The van der Waals surface area contributed by atoms with E-state index >= 15 is 0 Å². The second-order valence-corrected chi connectivity index (χ2v) is 10.5. The van der Waals surface area contributed by atoms with Crippen LogP contribution in [0.4, 0.5) is 0 Å². The van der Waals surface area contributed by atoms with Crippen molar-refractivity contribution in [3.8, 4) is 17.2 Å². The van der Waals surface area contributed by atoms with Crippen LogP contribution >= 0.6 is 11.3 Å². The van der Waals surface area contributed by atoms with Crippen molar-refractivity contribution in [2.45, 2.75) is 45.7 Å². The van der Waals surface area contributed by atoms with Crippen LogP contribution in [0.25, 0.3) is 0 Å². The molecule has 0 radical (unpaired) electrons. The van der Waals surface area contributed by atoms with Gasteiger partial charge in [-0.05, 0) is 73.5 Å². The first kappa shape index (κ1) is 25.1. The fourth-order valence-electron chi connectivity index (χ4n) is 4.84. The monoisotopic (exact) mass is 520 g/mol. The van der Waals surface area contributed by atoms with Crippen molar-refractivity contribution >= 4 is 23.2 Å². The SMILES string of the molecule is CC[C@@H](C)N(CC(=O)N1CCc2sccc2[C@@H]1COc1ccccc1C)C(=O)c1ccc2c(c1)OCO2. The van der Waals surface area contributed by atoms with Crippen molar-refractivity contribution in [3.63, 3.8) is 0 Å². The number of para-hydroxylation sites is 1. The van der Waals surface area contributed by atoms with Gasteiger partial charge < -0.3 is 24.0 Å². The van der Waals surface area contributed by atoms with Gasteiger partial charge in [-0.2, -0.15) is 0 Å². The molecule has 194 valence electrons. The van der Waals surface area contributed by atoms with Crippen molar-refractivity contribution < 1.29 is 23.8 Å². The molecule has 0 bridgehead atoms. The van der Waals surface area contributed by atoms with Crippen molar-refractivity contribution in [1.29, 1.82) is 0 Å². The molecule has 0 aliphatic carbocycles. The lowest BCUT2D eigenvalue weighted by Crippen LogP contribution is -2.49. The predicted octanol–water partition coefficient (Wildman–Crippen LogP) is 5.23. The molecule has 0 saturated carbocycles. The number of carbonyl (C=O) groups is 2. The number of amides is 2. The van der Waals surface area contributed by atoms with E-state index in [2.05, 4.69) is 11.4 Å². The van der Waals surface area contributed by atoms with E-state index in [-0.39, 0.29) is 37.2 Å². The Balaban J connectivity index is 1.36. The maximum absolute atomic E-state index is 13.8. The lowest BCUT2D eigenvalue weighted by Gasteiger charge is -2.38. The molecule has 2 aliphatic heterocycles. The largest absolute Gasteiger partial charge is 0.491 e. The number of thiophene rings is 1. The zero-order valence-corrected chi connectivity index (χ0v) is 22.3. The van der Waals surface area contributed by atoms with Gasteiger partial charge in [0.05, 0.1) is 6.04 Å². The first-order chi connectivity index (χ1) is 18.0. The zero-order valence-electron chi connectivity index (χ0n) is 21.4. The highest BCUT2D eigenvalue weighted by Crippen LogP contribution is 2.35. The van der Waals surface area contributed by atoms with Crippen LogP contribution in [0.1, 0.15) is 52.7 Å². The summed E-state index contributed by atoms with van der Waals surface area (Å²) < 4.78 is 17.1. The van der Waals surface area contributed by atoms with Crippen molar-refractivity contribution in [3.05, 3.63) is 75.5 Å². The molecule has 37 heavy (non-hydrogen) atoms. The highest BCUT2D eigenvalue weighted by atomic mass is 32.1. The Hall–Kier alpha value is -3.52. The van der Waals surface area contributed by atoms with Gasteiger partial charge in [-0.15, -0.1) is 11.3 Å². The molecule has 0 unspecified atom stereocenters. The minimum atomic E-state index is -0.207. The van der Waals surface area contributed by atoms with E-state index in [4.69, 9.17) is 14.2 Å². The Kier molecular flexibility index (Phi) is 7.37. The van der Waals surface area contributed by atoms with Gasteiger partial charge in [0.15, 0.2) is 11.5 Å². The number of hydrogen-bond acceptors (Lipinski definition) is 6. The number of benzene rings is 2. The van der Waals surface area contributed by atoms with Crippen molar-refractivity contribution in [2.75, 3.05) is 26.5 Å². The summed E-state index contributed by atoms with van der Waals surface area (Å²) in [6, 6.07) is 14.9. The zero-order chi connectivity index (χ0) is 25.9. The van der Waals surface area contributed by atoms with E-state index in [1.54, 1.807) is 34.4 Å². The van der Waals surface area contributed by atoms with Gasteiger partial charge in [0.2, 0.25) is 12.7 Å². The number of fused-ring (bicyclic) bond motifs is 2. The minimum absolute atomic E-state index is 0.00260. The summed E-state index contributed by atoms with van der Waals surface area (Å²) in [7, 11) is 0. The lowest BCUT2D eigenvalue weighted by atomic mass is 10.00. The van der Waals surface area contributed by atoms with Crippen LogP contribution in [-0.2, 0) is 11.2 Å². The first-order valence-corrected chi connectivity index (χ1v) is 13.6. The Labute approximate surface area is 221 Å². The number of aryl methyl sites for hydroxylation is 1. The van der Waals surface area contributed by atoms with Gasteiger partial charge in [-0.25, -0.2) is 0 Å². The lowest BCUT2D eigenvalue weighted by molar-refractivity contribution is -0.136. The molecule has 0 spiro atoms. The molecule has 2 aliphatic rings. The highest BCUT2D eigenvalue weighted by molar-refractivity contribution is 7.10. The highest BCUT2D eigenvalue weighted by Gasteiger charge is 2.34. The minimum Gasteiger partial charge on any atom is -0.491 e. The van der Waals surface area contributed by atoms with Crippen LogP contribution in [0.5, 0.6) is 17.2 Å². The van der Waals surface area contributed by atoms with Crippen LogP contribution in [0.3, 0.4) is 0 Å².